The van der Waals surface area contributed by atoms with Gasteiger partial charge in [-0.2, -0.15) is 0 Å². The van der Waals surface area contributed by atoms with Gasteiger partial charge in [0.25, 0.3) is 0 Å². The number of para-hydroxylation sites is 2. The maximum absolute atomic E-state index is 6.16. The minimum Gasteiger partial charge on any atom is -0.494 e. The number of nitrogens with zero attached hydrogens (tertiary/aromatic N) is 4. The average molecular weight is 1890 g/mol. The van der Waals surface area contributed by atoms with E-state index in [1.54, 1.807) is 0 Å². The molecule has 18 aromatic rings. The lowest BCUT2D eigenvalue weighted by atomic mass is 9.92. The molecule has 9 heteroatoms. The molecule has 8 nitrogen and oxygen atoms in total. The summed E-state index contributed by atoms with van der Waals surface area (Å²) in [5.41, 5.74) is 33.3. The van der Waals surface area contributed by atoms with Gasteiger partial charge in [-0.15, -0.1) is 11.3 Å². The zero-order valence-corrected chi connectivity index (χ0v) is 83.1. The van der Waals surface area contributed by atoms with Crippen molar-refractivity contribution in [1.29, 1.82) is 0 Å². The molecule has 19 rings (SSSR count). The summed E-state index contributed by atoms with van der Waals surface area (Å²) >= 11 is 1.85. The lowest BCUT2D eigenvalue weighted by Crippen LogP contribution is -2.17. The highest BCUT2D eigenvalue weighted by atomic mass is 32.1. The Morgan fingerprint density at radius 2 is 0.573 bits per heavy atom. The number of allylic oxidation sites excluding steroid dienone is 3. The fourth-order valence-electron chi connectivity index (χ4n) is 19.3. The largest absolute Gasteiger partial charge is 0.494 e. The molecule has 0 saturated carbocycles. The van der Waals surface area contributed by atoms with Crippen LogP contribution in [0.15, 0.2) is 450 Å². The van der Waals surface area contributed by atoms with Crippen LogP contribution in [-0.2, 0) is 29.1 Å². The van der Waals surface area contributed by atoms with E-state index >= 15 is 0 Å². The second-order valence-electron chi connectivity index (χ2n) is 37.4. The zero-order valence-electron chi connectivity index (χ0n) is 82.3. The van der Waals surface area contributed by atoms with E-state index in [4.69, 9.17) is 18.9 Å². The van der Waals surface area contributed by atoms with Crippen molar-refractivity contribution in [3.8, 4) is 78.3 Å². The maximum atomic E-state index is 6.16. The van der Waals surface area contributed by atoms with Crippen molar-refractivity contribution in [3.63, 3.8) is 0 Å². The summed E-state index contributed by atoms with van der Waals surface area (Å²) in [6.45, 7) is 16.1. The molecule has 143 heavy (non-hydrogen) atoms. The van der Waals surface area contributed by atoms with Gasteiger partial charge in [-0.05, 0) is 316 Å². The van der Waals surface area contributed by atoms with Gasteiger partial charge >= 0.3 is 0 Å². The Morgan fingerprint density at radius 1 is 0.280 bits per heavy atom. The quantitative estimate of drug-likeness (QED) is 0.0350. The van der Waals surface area contributed by atoms with Gasteiger partial charge in [-0.1, -0.05) is 351 Å². The first-order chi connectivity index (χ1) is 70.7. The van der Waals surface area contributed by atoms with Gasteiger partial charge in [0.2, 0.25) is 0 Å². The summed E-state index contributed by atoms with van der Waals surface area (Å²) in [6, 6.07) is 151. The van der Waals surface area contributed by atoms with Crippen molar-refractivity contribution < 1.29 is 18.9 Å². The molecule has 17 aromatic carbocycles. The molecule has 0 aliphatic heterocycles. The Labute approximate surface area is 850 Å². The van der Waals surface area contributed by atoms with Gasteiger partial charge in [0.05, 0.1) is 26.4 Å². The topological polar surface area (TPSA) is 49.9 Å². The van der Waals surface area contributed by atoms with Gasteiger partial charge in [0, 0.05) is 102 Å². The van der Waals surface area contributed by atoms with Crippen LogP contribution in [-0.4, -0.2) is 26.4 Å². The number of fused-ring (bicyclic) bond motifs is 3. The molecule has 0 amide bonds. The van der Waals surface area contributed by atoms with Crippen molar-refractivity contribution in [2.45, 2.75) is 123 Å². The van der Waals surface area contributed by atoms with E-state index in [-0.39, 0.29) is 0 Å². The molecule has 1 aromatic heterocycles. The normalized spacial score (nSPS) is 12.3. The van der Waals surface area contributed by atoms with Crippen molar-refractivity contribution in [3.05, 3.63) is 477 Å². The van der Waals surface area contributed by atoms with E-state index in [0.29, 0.717) is 45.6 Å². The van der Waals surface area contributed by atoms with Gasteiger partial charge < -0.3 is 38.5 Å². The van der Waals surface area contributed by atoms with Gasteiger partial charge in [0.15, 0.2) is 0 Å². The van der Waals surface area contributed by atoms with Crippen LogP contribution in [0.5, 0.6) is 11.5 Å². The Hall–Kier alpha value is -15.4. The zero-order chi connectivity index (χ0) is 97.1. The number of hydrogen-bond acceptors (Lipinski definition) is 9. The Bertz CT molecular complexity index is 7190. The molecule has 1 atom stereocenters. The smallest absolute Gasteiger partial charge is 0.119 e. The lowest BCUT2D eigenvalue weighted by Gasteiger charge is -2.29. The van der Waals surface area contributed by atoms with E-state index in [9.17, 15) is 0 Å². The first-order valence-electron chi connectivity index (χ1n) is 51.3. The molecule has 0 N–H and O–H groups in total. The third-order valence-electron chi connectivity index (χ3n) is 27.5. The van der Waals surface area contributed by atoms with E-state index in [1.165, 1.54) is 145 Å². The third kappa shape index (κ3) is 24.6. The summed E-state index contributed by atoms with van der Waals surface area (Å²) in [7, 11) is 0. The average Bonchev–Trinajstić information content (AvgIpc) is 1.62. The molecular weight excluding hydrogens is 1760 g/mol. The molecular formula is C134H126N4O4S. The summed E-state index contributed by atoms with van der Waals surface area (Å²) in [6.07, 6.45) is 28.2. The summed E-state index contributed by atoms with van der Waals surface area (Å²) < 4.78 is 26.7. The van der Waals surface area contributed by atoms with Crippen LogP contribution in [0.4, 0.5) is 62.6 Å². The minimum atomic E-state index is 0.563. The fourth-order valence-corrected chi connectivity index (χ4v) is 20.5. The number of thiophene rings is 1. The fraction of sp³-hybridized carbons (Fsp3) is 0.179. The summed E-state index contributed by atoms with van der Waals surface area (Å²) in [5, 5.41) is 2.49. The standard InChI is InChI=1S/C134H126N4O4S/c1-5-9-11-15-25-101-31-67-119(68-32-101)135(121-71-35-103(36-72-121)97-139-91-21-23-93-141-129-85-39-99(7-3)40-86-129)123-75-59-113(60-76-123)109-51-43-105(44-52-109)107-47-55-111(56-48-107)115-63-79-125(80-64-115)137(117-27-17-13-18-28-117)127-83-89-131-132-90-84-128(96-134(132)143-133(131)95-127)138(118-29-19-14-20-30-118)126-81-65-116(66-82-126)112-57-49-108(50-58-112)106-45-53-110(54-46-106)114-61-77-124(78-62-114)136(120-69-33-102(34-70-120)26-16-12-10-6-2)122-73-37-104(38-74-122)98-140-92-22-24-94-142-130-87-41-100(8-4)42-88-130/h7-8,13-14,17-20,27-33,35-90,95-96,102H,3-6,9-12,15-16,21-26,34,91-94,97-98H2,1-2H3. The van der Waals surface area contributed by atoms with E-state index < -0.39 is 0 Å². The van der Waals surface area contributed by atoms with Crippen LogP contribution in [0.1, 0.15) is 132 Å². The molecule has 0 bridgehead atoms. The SMILES string of the molecule is C=Cc1ccc(OCCCCOCc2ccc(N(C3=CCC(CCCCCC)C=C3)c3ccc(-c4ccc(-c5ccc(-c6ccc(N(c7ccccc7)c7ccc8c(c7)sc7cc(N(c9ccccc9)c9ccc(-c%10ccc(-c%11ccc(-c%12ccc(N(c%13ccc(CCCCCC)cc%13)c%13ccc(COCCCCOc%14ccc(C=C)cc%14)cc%13)cc%12)cc%11)cc%10)cc9)ccc78)cc6)cc5)cc4)cc3)cc2)cc1. The first-order valence-corrected chi connectivity index (χ1v) is 52.1. The van der Waals surface area contributed by atoms with Crippen LogP contribution < -0.4 is 29.1 Å². The van der Waals surface area contributed by atoms with Crippen molar-refractivity contribution in [1.82, 2.24) is 0 Å². The van der Waals surface area contributed by atoms with Gasteiger partial charge in [0.1, 0.15) is 11.5 Å². The van der Waals surface area contributed by atoms with E-state index in [0.717, 1.165) is 146 Å². The Kier molecular flexibility index (Phi) is 32.5. The molecule has 712 valence electrons. The number of ether oxygens (including phenoxy) is 4. The second kappa shape index (κ2) is 48.2. The highest BCUT2D eigenvalue weighted by Crippen LogP contribution is 2.47. The Morgan fingerprint density at radius 3 is 0.902 bits per heavy atom. The second-order valence-corrected chi connectivity index (χ2v) is 38.5. The Balaban J connectivity index is 0.485. The number of hydrogen-bond donors (Lipinski definition) is 0. The third-order valence-corrected chi connectivity index (χ3v) is 28.6. The number of unbranched alkanes of at least 4 members (excludes halogenated alkanes) is 8. The summed E-state index contributed by atoms with van der Waals surface area (Å²) in [5.74, 6) is 2.35. The molecule has 1 heterocycles. The number of benzene rings is 17. The molecule has 0 saturated heterocycles. The monoisotopic (exact) mass is 1890 g/mol. The molecule has 1 unspecified atom stereocenters. The molecule has 0 fully saturated rings. The number of anilines is 11. The van der Waals surface area contributed by atoms with Gasteiger partial charge in [-0.3, -0.25) is 0 Å². The predicted molar refractivity (Wildman–Crippen MR) is 608 cm³/mol. The number of aryl methyl sites for hydroxylation is 1. The number of rotatable bonds is 46. The molecule has 0 radical (unpaired) electrons. The minimum absolute atomic E-state index is 0.563. The molecule has 0 spiro atoms. The lowest BCUT2D eigenvalue weighted by molar-refractivity contribution is 0.113. The van der Waals surface area contributed by atoms with E-state index in [2.05, 4.69) is 429 Å². The van der Waals surface area contributed by atoms with Crippen LogP contribution in [0.3, 0.4) is 0 Å². The highest BCUT2D eigenvalue weighted by molar-refractivity contribution is 7.25. The van der Waals surface area contributed by atoms with Crippen LogP contribution in [0.25, 0.3) is 99.1 Å². The predicted octanol–water partition coefficient (Wildman–Crippen LogP) is 38.2. The first kappa shape index (κ1) is 96.5. The highest BCUT2D eigenvalue weighted by Gasteiger charge is 2.23. The maximum Gasteiger partial charge on any atom is 0.119 e. The van der Waals surface area contributed by atoms with Crippen LogP contribution in [0.2, 0.25) is 0 Å². The van der Waals surface area contributed by atoms with Crippen LogP contribution >= 0.6 is 11.3 Å². The van der Waals surface area contributed by atoms with Crippen molar-refractivity contribution >= 4 is 106 Å². The van der Waals surface area contributed by atoms with E-state index in [1.807, 2.05) is 72.0 Å². The summed E-state index contributed by atoms with van der Waals surface area (Å²) in [4.78, 5) is 9.52. The van der Waals surface area contributed by atoms with Crippen molar-refractivity contribution in [2.24, 2.45) is 5.92 Å². The molecule has 1 aliphatic carbocycles. The van der Waals surface area contributed by atoms with Gasteiger partial charge in [-0.25, -0.2) is 0 Å². The molecule has 1 aliphatic rings. The van der Waals surface area contributed by atoms with Crippen molar-refractivity contribution in [2.75, 3.05) is 46.0 Å². The van der Waals surface area contributed by atoms with Crippen LogP contribution in [0, 0.1) is 5.92 Å².